The maximum absolute atomic E-state index is 4.19. The highest BCUT2D eigenvalue weighted by atomic mass is 80.0. The molecule has 0 saturated heterocycles. The monoisotopic (exact) mass is 562 g/mol. The summed E-state index contributed by atoms with van der Waals surface area (Å²) in [7, 11) is 0. The molecule has 0 aliphatic rings. The van der Waals surface area contributed by atoms with Crippen LogP contribution in [0.1, 0.15) is 5.82 Å². The van der Waals surface area contributed by atoms with E-state index in [4.69, 9.17) is 0 Å². The molecule has 1 aromatic heterocycles. The van der Waals surface area contributed by atoms with E-state index in [9.17, 15) is 0 Å². The van der Waals surface area contributed by atoms with Crippen molar-refractivity contribution in [3.63, 3.8) is 0 Å². The molecule has 0 amide bonds. The molecular weight excluding hydrogens is 567 g/mol. The minimum Gasteiger partial charge on any atom is -0.221 e. The van der Waals surface area contributed by atoms with Gasteiger partial charge in [0, 0.05) is 0 Å². The highest BCUT2D eigenvalue weighted by molar-refractivity contribution is 9.38. The fourth-order valence-electron chi connectivity index (χ4n) is 0.521. The van der Waals surface area contributed by atoms with Crippen LogP contribution >= 0.6 is 95.6 Å². The van der Waals surface area contributed by atoms with E-state index in [1.54, 1.807) is 0 Å². The minimum absolute atomic E-state index is 0.564. The third-order valence-electron chi connectivity index (χ3n) is 1.02. The number of alkyl halides is 3. The molecule has 8 heteroatoms. The quantitative estimate of drug-likeness (QED) is 0.324. The van der Waals surface area contributed by atoms with Crippen molar-refractivity contribution in [2.75, 3.05) is 0 Å². The van der Waals surface area contributed by atoms with Crippen LogP contribution in [0.2, 0.25) is 0 Å². The summed E-state index contributed by atoms with van der Waals surface area (Å²) in [6, 6.07) is 0. The Hall–Kier alpha value is 1.96. The predicted molar refractivity (Wildman–Crippen MR) is 73.6 cm³/mol. The number of nitrogens with zero attached hydrogens (tertiary/aromatic N) is 2. The first-order chi connectivity index (χ1) is 5.82. The van der Waals surface area contributed by atoms with Gasteiger partial charge in [-0.05, 0) is 47.8 Å². The van der Waals surface area contributed by atoms with Gasteiger partial charge in [0.2, 0.25) is 0 Å². The molecule has 0 saturated carbocycles. The van der Waals surface area contributed by atoms with Gasteiger partial charge >= 0.3 is 0 Å². The van der Waals surface area contributed by atoms with Crippen LogP contribution in [-0.4, -0.2) is 9.97 Å². The van der Waals surface area contributed by atoms with Gasteiger partial charge in [0.15, 0.2) is 7.97 Å². The van der Waals surface area contributed by atoms with E-state index in [0.717, 1.165) is 4.47 Å². The summed E-state index contributed by atoms with van der Waals surface area (Å²) < 4.78 is 1.56. The Morgan fingerprint density at radius 2 is 1.23 bits per heavy atom. The average molecular weight is 567 g/mol. The SMILES string of the molecule is Brc1nc(C(Br)(Br)Br)nc(Br)c1Br. The standard InChI is InChI=1S/C5Br6N2/c6-1-2(7)12-4(5(9,10)11)13-3(1)8. The Balaban J connectivity index is 3.29. The van der Waals surface area contributed by atoms with Crippen molar-refractivity contribution in [1.82, 2.24) is 9.97 Å². The molecule has 72 valence electrons. The zero-order valence-electron chi connectivity index (χ0n) is 5.66. The Morgan fingerprint density at radius 3 is 1.54 bits per heavy atom. The maximum Gasteiger partial charge on any atom is 0.194 e. The first kappa shape index (κ1) is 13.0. The molecule has 0 aromatic carbocycles. The van der Waals surface area contributed by atoms with E-state index in [2.05, 4.69) is 106 Å². The molecule has 0 unspecified atom stereocenters. The van der Waals surface area contributed by atoms with E-state index in [0.29, 0.717) is 15.0 Å². The van der Waals surface area contributed by atoms with E-state index < -0.39 is 2.14 Å². The Bertz CT molecular complexity index is 309. The first-order valence-electron chi connectivity index (χ1n) is 2.78. The van der Waals surface area contributed by atoms with Crippen molar-refractivity contribution in [2.45, 2.75) is 2.14 Å². The molecule has 1 heterocycles. The zero-order valence-corrected chi connectivity index (χ0v) is 15.2. The summed E-state index contributed by atoms with van der Waals surface area (Å²) >= 11 is 19.9. The number of rotatable bonds is 0. The molecular formula is C5Br6N2. The van der Waals surface area contributed by atoms with Crippen LogP contribution in [0.4, 0.5) is 0 Å². The molecule has 13 heavy (non-hydrogen) atoms. The lowest BCUT2D eigenvalue weighted by atomic mass is 10.6. The molecule has 0 bridgehead atoms. The Kier molecular flexibility index (Phi) is 4.87. The molecule has 0 aliphatic carbocycles. The van der Waals surface area contributed by atoms with E-state index in [-0.39, 0.29) is 0 Å². The smallest absolute Gasteiger partial charge is 0.194 e. The summed E-state index contributed by atoms with van der Waals surface area (Å²) in [6.45, 7) is 0. The summed E-state index contributed by atoms with van der Waals surface area (Å²) in [5.41, 5.74) is 0. The van der Waals surface area contributed by atoms with Crippen molar-refractivity contribution in [1.29, 1.82) is 0 Å². The lowest BCUT2D eigenvalue weighted by molar-refractivity contribution is 0.970. The van der Waals surface area contributed by atoms with Gasteiger partial charge in [0.05, 0.1) is 4.47 Å². The normalized spacial score (nSPS) is 11.8. The van der Waals surface area contributed by atoms with Crippen LogP contribution in [0.5, 0.6) is 0 Å². The van der Waals surface area contributed by atoms with Gasteiger partial charge in [0.1, 0.15) is 9.21 Å². The second-order valence-corrected chi connectivity index (χ2v) is 11.0. The molecule has 2 nitrogen and oxygen atoms in total. The van der Waals surface area contributed by atoms with E-state index >= 15 is 0 Å². The molecule has 1 rings (SSSR count). The maximum atomic E-state index is 4.19. The van der Waals surface area contributed by atoms with Crippen molar-refractivity contribution < 1.29 is 0 Å². The van der Waals surface area contributed by atoms with Gasteiger partial charge in [-0.15, -0.1) is 0 Å². The van der Waals surface area contributed by atoms with Gasteiger partial charge in [-0.2, -0.15) is 0 Å². The van der Waals surface area contributed by atoms with Gasteiger partial charge in [-0.1, -0.05) is 47.8 Å². The third kappa shape index (κ3) is 3.48. The van der Waals surface area contributed by atoms with Gasteiger partial charge in [0.25, 0.3) is 0 Å². The lowest BCUT2D eigenvalue weighted by Gasteiger charge is -2.11. The second-order valence-electron chi connectivity index (χ2n) is 1.94. The van der Waals surface area contributed by atoms with Crippen LogP contribution in [0.3, 0.4) is 0 Å². The van der Waals surface area contributed by atoms with Crippen LogP contribution in [0, 0.1) is 0 Å². The van der Waals surface area contributed by atoms with Crippen LogP contribution in [0.15, 0.2) is 13.7 Å². The molecule has 0 aliphatic heterocycles. The van der Waals surface area contributed by atoms with Crippen molar-refractivity contribution in [3.05, 3.63) is 19.5 Å². The Labute approximate surface area is 125 Å². The van der Waals surface area contributed by atoms with Gasteiger partial charge in [-0.3, -0.25) is 0 Å². The number of hydrogen-bond donors (Lipinski definition) is 0. The highest BCUT2D eigenvalue weighted by Crippen LogP contribution is 2.44. The largest absolute Gasteiger partial charge is 0.221 e. The minimum atomic E-state index is -0.598. The Morgan fingerprint density at radius 1 is 0.846 bits per heavy atom. The summed E-state index contributed by atoms with van der Waals surface area (Å²) in [5, 5.41) is 0. The topological polar surface area (TPSA) is 25.8 Å². The first-order valence-corrected chi connectivity index (χ1v) is 7.54. The van der Waals surface area contributed by atoms with Gasteiger partial charge < -0.3 is 0 Å². The number of aromatic nitrogens is 2. The van der Waals surface area contributed by atoms with Crippen LogP contribution < -0.4 is 0 Å². The summed E-state index contributed by atoms with van der Waals surface area (Å²) in [6.07, 6.45) is 0. The molecule has 0 radical (unpaired) electrons. The summed E-state index contributed by atoms with van der Waals surface area (Å²) in [5.74, 6) is 0.564. The lowest BCUT2D eigenvalue weighted by Crippen LogP contribution is -2.06. The number of hydrogen-bond acceptors (Lipinski definition) is 2. The molecule has 0 atom stereocenters. The van der Waals surface area contributed by atoms with E-state index in [1.165, 1.54) is 0 Å². The molecule has 0 spiro atoms. The van der Waals surface area contributed by atoms with Crippen molar-refractivity contribution >= 4 is 95.6 Å². The average Bonchev–Trinajstić information content (AvgIpc) is 1.97. The van der Waals surface area contributed by atoms with Crippen molar-refractivity contribution in [2.24, 2.45) is 0 Å². The summed E-state index contributed by atoms with van der Waals surface area (Å²) in [4.78, 5) is 8.39. The fraction of sp³-hybridized carbons (Fsp3) is 0.200. The fourth-order valence-corrected chi connectivity index (χ4v) is 2.21. The van der Waals surface area contributed by atoms with E-state index in [1.807, 2.05) is 0 Å². The zero-order chi connectivity index (χ0) is 10.2. The van der Waals surface area contributed by atoms with Crippen LogP contribution in [-0.2, 0) is 2.14 Å². The molecule has 0 N–H and O–H groups in total. The second kappa shape index (κ2) is 4.86. The predicted octanol–water partition coefficient (Wildman–Crippen LogP) is 5.06. The van der Waals surface area contributed by atoms with Crippen LogP contribution in [0.25, 0.3) is 0 Å². The third-order valence-corrected chi connectivity index (χ3v) is 5.05. The molecule has 1 aromatic rings. The molecule has 0 fully saturated rings. The van der Waals surface area contributed by atoms with Gasteiger partial charge in [-0.25, -0.2) is 9.97 Å². The highest BCUT2D eigenvalue weighted by Gasteiger charge is 2.26. The number of halogens is 6. The van der Waals surface area contributed by atoms with Crippen molar-refractivity contribution in [3.8, 4) is 0 Å².